The number of ether oxygens (including phenoxy) is 1. The second-order valence-corrected chi connectivity index (χ2v) is 9.42. The molecule has 2 atom stereocenters. The Morgan fingerprint density at radius 1 is 1.13 bits per heavy atom. The van der Waals surface area contributed by atoms with Gasteiger partial charge >= 0.3 is 5.97 Å². The van der Waals surface area contributed by atoms with E-state index in [0.29, 0.717) is 27.9 Å². The summed E-state index contributed by atoms with van der Waals surface area (Å²) in [6.07, 6.45) is 1.72. The van der Waals surface area contributed by atoms with Crippen LogP contribution in [0.15, 0.2) is 83.4 Å². The highest BCUT2D eigenvalue weighted by Crippen LogP contribution is 2.43. The van der Waals surface area contributed by atoms with Crippen LogP contribution in [-0.4, -0.2) is 40.8 Å². The predicted octanol–water partition coefficient (Wildman–Crippen LogP) is 5.11. The molecule has 9 nitrogen and oxygen atoms in total. The number of pyridine rings is 1. The van der Waals surface area contributed by atoms with Crippen LogP contribution < -0.4 is 15.5 Å². The second kappa shape index (κ2) is 11.1. The number of amides is 1. The van der Waals surface area contributed by atoms with E-state index in [0.717, 1.165) is 16.9 Å². The number of nitrogens with zero attached hydrogens (tertiary/aromatic N) is 2. The number of carboxylic acids is 1. The number of carboxylic acid groups (broad SMARTS) is 1. The molecule has 4 aromatic rings. The SMILES string of the molecule is COCC(=O)Nc1ccc(N2C(=S)N[C@@H](c3ccccn3)[C@H]2c2ccc(-c3ccccc3C(=O)O)o2)cc1C. The number of nitrogens with one attached hydrogen (secondary N) is 2. The molecular weight excluding hydrogens is 516 g/mol. The van der Waals surface area contributed by atoms with Crippen molar-refractivity contribution < 1.29 is 23.8 Å². The van der Waals surface area contributed by atoms with Gasteiger partial charge in [0.25, 0.3) is 0 Å². The third-order valence-corrected chi connectivity index (χ3v) is 6.79. The highest BCUT2D eigenvalue weighted by Gasteiger charge is 2.42. The lowest BCUT2D eigenvalue weighted by Gasteiger charge is -2.27. The fraction of sp³-hybridized carbons (Fsp3) is 0.172. The van der Waals surface area contributed by atoms with Crippen molar-refractivity contribution in [3.8, 4) is 11.3 Å². The average Bonchev–Trinajstić information content (AvgIpc) is 3.55. The van der Waals surface area contributed by atoms with Crippen molar-refractivity contribution in [1.82, 2.24) is 10.3 Å². The van der Waals surface area contributed by atoms with Gasteiger partial charge in [-0.15, -0.1) is 0 Å². The number of rotatable bonds is 8. The Labute approximate surface area is 230 Å². The number of aromatic carboxylic acids is 1. The molecule has 1 aliphatic heterocycles. The molecule has 0 saturated carbocycles. The number of benzene rings is 2. The zero-order valence-corrected chi connectivity index (χ0v) is 22.1. The number of anilines is 2. The van der Waals surface area contributed by atoms with E-state index >= 15 is 0 Å². The van der Waals surface area contributed by atoms with Crippen molar-refractivity contribution in [1.29, 1.82) is 0 Å². The van der Waals surface area contributed by atoms with E-state index in [1.807, 2.05) is 54.3 Å². The Kier molecular flexibility index (Phi) is 7.40. The van der Waals surface area contributed by atoms with Gasteiger partial charge in [-0.25, -0.2) is 4.79 Å². The van der Waals surface area contributed by atoms with Crippen LogP contribution in [0, 0.1) is 6.92 Å². The van der Waals surface area contributed by atoms with Crippen LogP contribution in [0.25, 0.3) is 11.3 Å². The summed E-state index contributed by atoms with van der Waals surface area (Å²) < 4.78 is 11.2. The molecule has 2 aromatic carbocycles. The zero-order valence-electron chi connectivity index (χ0n) is 21.3. The van der Waals surface area contributed by atoms with Crippen LogP contribution in [0.2, 0.25) is 0 Å². The number of carbonyl (C=O) groups excluding carboxylic acids is 1. The van der Waals surface area contributed by atoms with Gasteiger partial charge in [0.05, 0.1) is 17.3 Å². The highest BCUT2D eigenvalue weighted by atomic mass is 32.1. The van der Waals surface area contributed by atoms with Gasteiger partial charge in [0, 0.05) is 30.2 Å². The molecule has 0 radical (unpaired) electrons. The van der Waals surface area contributed by atoms with Crippen molar-refractivity contribution in [3.63, 3.8) is 0 Å². The predicted molar refractivity (Wildman–Crippen MR) is 151 cm³/mol. The van der Waals surface area contributed by atoms with E-state index in [1.54, 1.807) is 36.5 Å². The largest absolute Gasteiger partial charge is 0.478 e. The number of hydrogen-bond acceptors (Lipinski definition) is 6. The van der Waals surface area contributed by atoms with Gasteiger partial charge in [0.1, 0.15) is 24.2 Å². The van der Waals surface area contributed by atoms with E-state index in [1.165, 1.54) is 7.11 Å². The topological polar surface area (TPSA) is 117 Å². The lowest BCUT2D eigenvalue weighted by atomic mass is 10.0. The summed E-state index contributed by atoms with van der Waals surface area (Å²) >= 11 is 5.79. The van der Waals surface area contributed by atoms with Crippen LogP contribution >= 0.6 is 12.2 Å². The van der Waals surface area contributed by atoms with Gasteiger partial charge in [0.15, 0.2) is 5.11 Å². The molecule has 198 valence electrons. The minimum atomic E-state index is -1.03. The van der Waals surface area contributed by atoms with Crippen molar-refractivity contribution in [3.05, 3.63) is 102 Å². The van der Waals surface area contributed by atoms with Gasteiger partial charge in [-0.2, -0.15) is 0 Å². The first-order valence-corrected chi connectivity index (χ1v) is 12.6. The summed E-state index contributed by atoms with van der Waals surface area (Å²) in [4.78, 5) is 30.4. The van der Waals surface area contributed by atoms with Gasteiger partial charge < -0.3 is 29.8 Å². The molecule has 5 rings (SSSR count). The molecule has 0 spiro atoms. The van der Waals surface area contributed by atoms with Crippen molar-refractivity contribution in [2.75, 3.05) is 23.9 Å². The molecule has 1 fully saturated rings. The summed E-state index contributed by atoms with van der Waals surface area (Å²) in [6, 6.07) is 20.9. The quantitative estimate of drug-likeness (QED) is 0.261. The number of furan rings is 1. The van der Waals surface area contributed by atoms with Crippen LogP contribution in [0.1, 0.15) is 39.5 Å². The Morgan fingerprint density at radius 2 is 1.92 bits per heavy atom. The first-order valence-electron chi connectivity index (χ1n) is 12.2. The lowest BCUT2D eigenvalue weighted by Crippen LogP contribution is -2.29. The lowest BCUT2D eigenvalue weighted by molar-refractivity contribution is -0.119. The standard InChI is InChI=1S/C29H26N4O5S/c1-17-15-18(10-11-21(17)31-25(34)16-37-2)33-27(26(32-29(33)39)22-9-5-6-14-30-22)24-13-12-23(38-24)19-7-3-4-8-20(19)28(35)36/h3-15,26-27H,16H2,1-2H3,(H,31,34)(H,32,39)(H,35,36)/t26-,27+/m0/s1. The molecule has 0 bridgehead atoms. The maximum absolute atomic E-state index is 12.0. The molecular formula is C29H26N4O5S. The van der Waals surface area contributed by atoms with Crippen molar-refractivity contribution in [2.24, 2.45) is 0 Å². The molecule has 1 saturated heterocycles. The van der Waals surface area contributed by atoms with Crippen LogP contribution in [-0.2, 0) is 9.53 Å². The number of methoxy groups -OCH3 is 1. The minimum absolute atomic E-state index is 0.0407. The van der Waals surface area contributed by atoms with Gasteiger partial charge in [-0.1, -0.05) is 24.3 Å². The Hall–Kier alpha value is -4.54. The van der Waals surface area contributed by atoms with Crippen LogP contribution in [0.3, 0.4) is 0 Å². The molecule has 2 aromatic heterocycles. The normalized spacial score (nSPS) is 16.7. The van der Waals surface area contributed by atoms with Gasteiger partial charge in [-0.3, -0.25) is 9.78 Å². The maximum atomic E-state index is 12.0. The zero-order chi connectivity index (χ0) is 27.5. The number of aromatic nitrogens is 1. The van der Waals surface area contributed by atoms with E-state index < -0.39 is 12.0 Å². The summed E-state index contributed by atoms with van der Waals surface area (Å²) in [7, 11) is 1.47. The average molecular weight is 543 g/mol. The fourth-order valence-electron chi connectivity index (χ4n) is 4.72. The van der Waals surface area contributed by atoms with Crippen molar-refractivity contribution in [2.45, 2.75) is 19.0 Å². The minimum Gasteiger partial charge on any atom is -0.478 e. The Bertz CT molecular complexity index is 1540. The summed E-state index contributed by atoms with van der Waals surface area (Å²) in [5.74, 6) is -0.255. The van der Waals surface area contributed by atoms with E-state index in [9.17, 15) is 14.7 Å². The fourth-order valence-corrected chi connectivity index (χ4v) is 5.06. The highest BCUT2D eigenvalue weighted by molar-refractivity contribution is 7.80. The third-order valence-electron chi connectivity index (χ3n) is 6.48. The number of hydrogen-bond donors (Lipinski definition) is 3. The van der Waals surface area contributed by atoms with Gasteiger partial charge in [0.2, 0.25) is 5.91 Å². The number of thiocarbonyl (C=S) groups is 1. The molecule has 0 unspecified atom stereocenters. The van der Waals surface area contributed by atoms with Crippen molar-refractivity contribution >= 4 is 40.6 Å². The van der Waals surface area contributed by atoms with E-state index in [2.05, 4.69) is 15.6 Å². The molecule has 3 N–H and O–H groups in total. The third kappa shape index (κ3) is 5.25. The van der Waals surface area contributed by atoms with Crippen LogP contribution in [0.5, 0.6) is 0 Å². The monoisotopic (exact) mass is 542 g/mol. The second-order valence-electron chi connectivity index (χ2n) is 9.03. The van der Waals surface area contributed by atoms with Crippen LogP contribution in [0.4, 0.5) is 11.4 Å². The summed E-state index contributed by atoms with van der Waals surface area (Å²) in [5, 5.41) is 16.4. The maximum Gasteiger partial charge on any atom is 0.336 e. The number of carbonyl (C=O) groups is 2. The Balaban J connectivity index is 1.56. The molecule has 39 heavy (non-hydrogen) atoms. The van der Waals surface area contributed by atoms with Gasteiger partial charge in [-0.05, 0) is 73.2 Å². The summed E-state index contributed by atoms with van der Waals surface area (Å²) in [5.41, 5.74) is 3.71. The van der Waals surface area contributed by atoms with E-state index in [4.69, 9.17) is 21.4 Å². The molecule has 10 heteroatoms. The smallest absolute Gasteiger partial charge is 0.336 e. The molecule has 3 heterocycles. The molecule has 1 aliphatic rings. The summed E-state index contributed by atoms with van der Waals surface area (Å²) in [6.45, 7) is 1.86. The molecule has 0 aliphatic carbocycles. The first kappa shape index (κ1) is 26.1. The van der Waals surface area contributed by atoms with E-state index in [-0.39, 0.29) is 24.1 Å². The number of aryl methyl sites for hydroxylation is 1. The molecule has 1 amide bonds. The Morgan fingerprint density at radius 3 is 2.64 bits per heavy atom. The first-order chi connectivity index (χ1) is 18.9.